The number of furan rings is 1. The Labute approximate surface area is 410 Å². The summed E-state index contributed by atoms with van der Waals surface area (Å²) >= 11 is 0. The summed E-state index contributed by atoms with van der Waals surface area (Å²) in [6.45, 7) is 12.8. The van der Waals surface area contributed by atoms with Gasteiger partial charge in [0, 0.05) is 47.3 Å². The van der Waals surface area contributed by atoms with Crippen molar-refractivity contribution in [3.63, 3.8) is 0 Å². The third-order valence-electron chi connectivity index (χ3n) is 12.6. The normalized spacial score (nSPS) is 12.7. The number of benzene rings is 8. The van der Waals surface area contributed by atoms with E-state index in [0.717, 1.165) is 60.7 Å². The summed E-state index contributed by atoms with van der Waals surface area (Å²) in [6, 6.07) is 56.1. The Morgan fingerprint density at radius 3 is 2.15 bits per heavy atom. The number of hydrogen-bond donors (Lipinski definition) is 0. The molecule has 6 heteroatoms. The number of aryl methyl sites for hydroxylation is 1. The number of para-hydroxylation sites is 1. The molecule has 0 atom stereocenters. The molecule has 0 spiro atoms. The van der Waals surface area contributed by atoms with Gasteiger partial charge in [0.25, 0.3) is 0 Å². The zero-order valence-electron chi connectivity index (χ0n) is 41.6. The van der Waals surface area contributed by atoms with Crippen molar-refractivity contribution in [2.24, 2.45) is 0 Å². The second kappa shape index (κ2) is 18.2. The number of halogens is 1. The molecule has 4 nitrogen and oxygen atoms in total. The molecular formula is C61H52FIrN3O-2. The molecule has 0 aliphatic rings. The van der Waals surface area contributed by atoms with Crippen molar-refractivity contribution in [3.8, 4) is 39.5 Å². The maximum Gasteiger partial charge on any atom is 0.121 e. The van der Waals surface area contributed by atoms with Crippen molar-refractivity contribution >= 4 is 54.5 Å². The fourth-order valence-electron chi connectivity index (χ4n) is 9.18. The van der Waals surface area contributed by atoms with Gasteiger partial charge in [0.1, 0.15) is 5.58 Å². The first-order valence-electron chi connectivity index (χ1n) is 24.1. The van der Waals surface area contributed by atoms with Gasteiger partial charge in [-0.1, -0.05) is 139 Å². The topological polar surface area (TPSA) is 43.9 Å². The summed E-state index contributed by atoms with van der Waals surface area (Å²) in [7, 11) is 0. The SMILES string of the molecule is CC(C)(C)c1ccnc(-c2[c-]cccc2)c1.[2H]C([2H])([2H])c1cccc2nc(-c3[c-]cc(F)c4c3oc3cc5c(ccc6ccccc65)cc34)n(-c3c(C(C)C)cc(-c4ccccc4)cc3C(C)C)c12.[Ir]. The summed E-state index contributed by atoms with van der Waals surface area (Å²) in [5.74, 6) is 0.0996. The van der Waals surface area contributed by atoms with Gasteiger partial charge in [0.2, 0.25) is 0 Å². The predicted octanol–water partition coefficient (Wildman–Crippen LogP) is 16.9. The van der Waals surface area contributed by atoms with Gasteiger partial charge < -0.3 is 14.0 Å². The second-order valence-corrected chi connectivity index (χ2v) is 18.8. The number of imidazole rings is 1. The first-order chi connectivity index (χ1) is 33.1. The molecule has 11 rings (SSSR count). The number of rotatable bonds is 6. The number of fused-ring (bicyclic) bond motifs is 7. The van der Waals surface area contributed by atoms with Crippen LogP contribution in [-0.4, -0.2) is 14.5 Å². The van der Waals surface area contributed by atoms with Gasteiger partial charge in [0.15, 0.2) is 0 Å². The average molecular weight is 1060 g/mol. The Bertz CT molecular complexity index is 3690. The minimum Gasteiger partial charge on any atom is -0.500 e. The van der Waals surface area contributed by atoms with Gasteiger partial charge in [-0.05, 0) is 127 Å². The molecule has 0 aliphatic heterocycles. The van der Waals surface area contributed by atoms with E-state index in [4.69, 9.17) is 13.5 Å². The minimum atomic E-state index is -2.43. The maximum atomic E-state index is 16.1. The molecular weight excluding hydrogens is 1000 g/mol. The number of pyridine rings is 1. The Morgan fingerprint density at radius 2 is 1.43 bits per heavy atom. The molecule has 0 unspecified atom stereocenters. The van der Waals surface area contributed by atoms with Crippen LogP contribution >= 0.6 is 0 Å². The Morgan fingerprint density at radius 1 is 0.701 bits per heavy atom. The van der Waals surface area contributed by atoms with Gasteiger partial charge >= 0.3 is 0 Å². The minimum absolute atomic E-state index is 0. The molecule has 0 saturated carbocycles. The standard InChI is InChI=1S/C46H36FN2O.C15H16N.Ir/c1-26(2)35-23-32(29-13-7-6-8-14-29)24-36(27(3)4)44(35)49-43-28(5)12-11-17-40(43)48-46(49)34-20-21-39(47)42-38-22-31-19-18-30-15-9-10-16-33(30)37(31)25-41(38)50-45(34)42;1-15(2,3)13-9-10-16-14(11-13)12-7-5-4-6-8-12;/h6-19,21-27H,1-5H3;4-7,9-11H,1-3H3;/q2*-1;/i5D3;;. The fraction of sp³-hybridized carbons (Fsp3) is 0.180. The fourth-order valence-corrected chi connectivity index (χ4v) is 9.18. The van der Waals surface area contributed by atoms with E-state index in [1.807, 2.05) is 83.6 Å². The smallest absolute Gasteiger partial charge is 0.121 e. The molecule has 0 aliphatic carbocycles. The van der Waals surface area contributed by atoms with Crippen LogP contribution in [0.2, 0.25) is 0 Å². The van der Waals surface area contributed by atoms with Crippen LogP contribution in [-0.2, 0) is 25.5 Å². The van der Waals surface area contributed by atoms with E-state index in [2.05, 4.69) is 126 Å². The molecule has 1 radical (unpaired) electrons. The zero-order valence-corrected chi connectivity index (χ0v) is 41.0. The van der Waals surface area contributed by atoms with E-state index < -0.39 is 12.7 Å². The molecule has 0 bridgehead atoms. The Balaban J connectivity index is 0.000000304. The van der Waals surface area contributed by atoms with Crippen molar-refractivity contribution < 1.29 is 33.0 Å². The monoisotopic (exact) mass is 1060 g/mol. The van der Waals surface area contributed by atoms with Crippen LogP contribution in [0.25, 0.3) is 94.0 Å². The molecule has 0 saturated heterocycles. The molecule has 3 heterocycles. The van der Waals surface area contributed by atoms with Crippen molar-refractivity contribution in [1.29, 1.82) is 0 Å². The first-order valence-corrected chi connectivity index (χ1v) is 22.6. The summed E-state index contributed by atoms with van der Waals surface area (Å²) in [6.07, 6.45) is 1.87. The summed E-state index contributed by atoms with van der Waals surface area (Å²) < 4.78 is 50.6. The van der Waals surface area contributed by atoms with Gasteiger partial charge in [-0.25, -0.2) is 0 Å². The van der Waals surface area contributed by atoms with Crippen molar-refractivity contribution in [1.82, 2.24) is 14.5 Å². The summed E-state index contributed by atoms with van der Waals surface area (Å²) in [5.41, 5.74) is 11.1. The quantitative estimate of drug-likeness (QED) is 0.123. The first kappa shape index (κ1) is 41.7. The van der Waals surface area contributed by atoms with E-state index >= 15 is 4.39 Å². The summed E-state index contributed by atoms with van der Waals surface area (Å²) in [4.78, 5) is 9.55. The molecule has 0 N–H and O–H groups in total. The molecule has 335 valence electrons. The maximum absolute atomic E-state index is 16.1. The van der Waals surface area contributed by atoms with Gasteiger partial charge in [-0.2, -0.15) is 0 Å². The van der Waals surface area contributed by atoms with E-state index in [-0.39, 0.29) is 42.9 Å². The molecule has 0 amide bonds. The van der Waals surface area contributed by atoms with Crippen LogP contribution in [0.5, 0.6) is 0 Å². The number of nitrogens with zero attached hydrogens (tertiary/aromatic N) is 3. The predicted molar refractivity (Wildman–Crippen MR) is 273 cm³/mol. The van der Waals surface area contributed by atoms with Gasteiger partial charge in [0.05, 0.1) is 22.4 Å². The van der Waals surface area contributed by atoms with Crippen molar-refractivity contribution in [2.45, 2.75) is 72.6 Å². The van der Waals surface area contributed by atoms with Crippen LogP contribution in [0.1, 0.15) is 86.7 Å². The Hall–Kier alpha value is -6.72. The summed E-state index contributed by atoms with van der Waals surface area (Å²) in [5, 5.41) is 5.17. The molecule has 67 heavy (non-hydrogen) atoms. The van der Waals surface area contributed by atoms with E-state index in [1.54, 1.807) is 12.1 Å². The van der Waals surface area contributed by atoms with Gasteiger partial charge in [-0.15, -0.1) is 48.0 Å². The zero-order chi connectivity index (χ0) is 48.4. The number of hydrogen-bond acceptors (Lipinski definition) is 3. The molecule has 0 fully saturated rings. The van der Waals surface area contributed by atoms with Crippen molar-refractivity contribution in [2.75, 3.05) is 0 Å². The Kier molecular flexibility index (Phi) is 11.3. The average Bonchev–Trinajstić information content (AvgIpc) is 3.92. The largest absolute Gasteiger partial charge is 0.500 e. The molecule has 8 aromatic carbocycles. The van der Waals surface area contributed by atoms with Crippen LogP contribution in [0.15, 0.2) is 162 Å². The van der Waals surface area contributed by atoms with E-state index in [0.29, 0.717) is 44.4 Å². The van der Waals surface area contributed by atoms with Crippen LogP contribution in [0.3, 0.4) is 0 Å². The van der Waals surface area contributed by atoms with Crippen molar-refractivity contribution in [3.05, 3.63) is 198 Å². The van der Waals surface area contributed by atoms with Crippen LogP contribution in [0.4, 0.5) is 4.39 Å². The van der Waals surface area contributed by atoms with E-state index in [1.165, 1.54) is 11.6 Å². The molecule has 11 aromatic rings. The third kappa shape index (κ3) is 8.39. The number of aromatic nitrogens is 3. The van der Waals surface area contributed by atoms with Gasteiger partial charge in [-0.3, -0.25) is 9.37 Å². The van der Waals surface area contributed by atoms with Crippen LogP contribution in [0, 0.1) is 24.8 Å². The molecule has 3 aromatic heterocycles. The van der Waals surface area contributed by atoms with Crippen LogP contribution < -0.4 is 0 Å². The third-order valence-corrected chi connectivity index (χ3v) is 12.6. The second-order valence-electron chi connectivity index (χ2n) is 18.8. The van der Waals surface area contributed by atoms with E-state index in [9.17, 15) is 0 Å².